The fourth-order valence-electron chi connectivity index (χ4n) is 2.28. The summed E-state index contributed by atoms with van der Waals surface area (Å²) in [7, 11) is 0. The highest BCUT2D eigenvalue weighted by atomic mass is 16.5. The van der Waals surface area contributed by atoms with Crippen molar-refractivity contribution in [2.75, 3.05) is 6.61 Å². The average molecular weight is 217 g/mol. The molecule has 0 spiro atoms. The van der Waals surface area contributed by atoms with E-state index in [4.69, 9.17) is 4.74 Å². The first-order valence-electron chi connectivity index (χ1n) is 6.40. The summed E-state index contributed by atoms with van der Waals surface area (Å²) in [5.74, 6) is 0.810. The van der Waals surface area contributed by atoms with Crippen LogP contribution < -0.4 is 0 Å². The second-order valence-corrected chi connectivity index (χ2v) is 4.61. The summed E-state index contributed by atoms with van der Waals surface area (Å²) >= 11 is 0. The van der Waals surface area contributed by atoms with Crippen LogP contribution in [0, 0.1) is 12.3 Å². The van der Waals surface area contributed by atoms with Crippen LogP contribution in [-0.4, -0.2) is 6.61 Å². The lowest BCUT2D eigenvalue weighted by atomic mass is 9.87. The molecule has 0 heterocycles. The molecule has 1 radical (unpaired) electrons. The van der Waals surface area contributed by atoms with E-state index in [1.807, 2.05) is 6.07 Å². The number of hydrogen-bond donors (Lipinski definition) is 0. The summed E-state index contributed by atoms with van der Waals surface area (Å²) in [6.45, 7) is 1.66. The Labute approximate surface area is 98.8 Å². The summed E-state index contributed by atoms with van der Waals surface area (Å²) in [5.41, 5.74) is 1.27. The third kappa shape index (κ3) is 3.97. The zero-order valence-corrected chi connectivity index (χ0v) is 9.90. The lowest BCUT2D eigenvalue weighted by Gasteiger charge is -2.20. The van der Waals surface area contributed by atoms with Gasteiger partial charge in [-0.3, -0.25) is 0 Å². The van der Waals surface area contributed by atoms with Crippen molar-refractivity contribution >= 4 is 0 Å². The number of hydrogen-bond acceptors (Lipinski definition) is 1. The quantitative estimate of drug-likeness (QED) is 0.678. The third-order valence-electron chi connectivity index (χ3n) is 3.27. The summed E-state index contributed by atoms with van der Waals surface area (Å²) < 4.78 is 5.70. The van der Waals surface area contributed by atoms with Gasteiger partial charge in [0.25, 0.3) is 0 Å². The van der Waals surface area contributed by atoms with Crippen molar-refractivity contribution < 1.29 is 4.74 Å². The molecule has 0 amide bonds. The first-order valence-corrected chi connectivity index (χ1v) is 6.40. The lowest BCUT2D eigenvalue weighted by molar-refractivity contribution is 0.107. The van der Waals surface area contributed by atoms with E-state index in [-0.39, 0.29) is 0 Å². The minimum atomic E-state index is 0.757. The van der Waals surface area contributed by atoms with Crippen LogP contribution in [0.5, 0.6) is 0 Å². The molecule has 0 bridgehead atoms. The summed E-state index contributed by atoms with van der Waals surface area (Å²) in [5, 5.41) is 0. The van der Waals surface area contributed by atoms with Crippen LogP contribution in [0.25, 0.3) is 0 Å². The number of rotatable bonds is 5. The first-order chi connectivity index (χ1) is 7.95. The maximum atomic E-state index is 5.70. The molecule has 1 fully saturated rings. The first kappa shape index (κ1) is 11.7. The van der Waals surface area contributed by atoms with Gasteiger partial charge in [0.2, 0.25) is 0 Å². The van der Waals surface area contributed by atoms with Gasteiger partial charge >= 0.3 is 0 Å². The lowest BCUT2D eigenvalue weighted by Crippen LogP contribution is -2.10. The van der Waals surface area contributed by atoms with E-state index in [2.05, 4.69) is 30.7 Å². The fourth-order valence-corrected chi connectivity index (χ4v) is 2.28. The van der Waals surface area contributed by atoms with Gasteiger partial charge in [0.05, 0.1) is 6.61 Å². The van der Waals surface area contributed by atoms with Crippen LogP contribution in [0.1, 0.15) is 37.7 Å². The van der Waals surface area contributed by atoms with E-state index in [1.165, 1.54) is 37.7 Å². The summed E-state index contributed by atoms with van der Waals surface area (Å²) in [4.78, 5) is 0. The van der Waals surface area contributed by atoms with Crippen LogP contribution >= 0.6 is 0 Å². The highest BCUT2D eigenvalue weighted by molar-refractivity contribution is 5.13. The molecule has 2 rings (SSSR count). The topological polar surface area (TPSA) is 9.23 Å². The van der Waals surface area contributed by atoms with Crippen LogP contribution in [0.15, 0.2) is 30.3 Å². The maximum absolute atomic E-state index is 5.70. The highest BCUT2D eigenvalue weighted by Gasteiger charge is 2.12. The second-order valence-electron chi connectivity index (χ2n) is 4.61. The van der Waals surface area contributed by atoms with E-state index in [1.54, 1.807) is 0 Å². The molecule has 87 valence electrons. The Balaban J connectivity index is 1.58. The van der Waals surface area contributed by atoms with Crippen molar-refractivity contribution in [3.8, 4) is 0 Å². The molecule has 1 nitrogen and oxygen atoms in total. The van der Waals surface area contributed by atoms with E-state index in [9.17, 15) is 0 Å². The van der Waals surface area contributed by atoms with Gasteiger partial charge in [0.1, 0.15) is 0 Å². The molecule has 1 atom stereocenters. The number of benzene rings is 1. The Bertz CT molecular complexity index is 275. The molecule has 16 heavy (non-hydrogen) atoms. The molecular weight excluding hydrogens is 196 g/mol. The van der Waals surface area contributed by atoms with Crippen molar-refractivity contribution in [1.29, 1.82) is 0 Å². The zero-order chi connectivity index (χ0) is 11.1. The molecule has 1 saturated carbocycles. The van der Waals surface area contributed by atoms with Crippen LogP contribution in [-0.2, 0) is 11.3 Å². The van der Waals surface area contributed by atoms with Gasteiger partial charge in [-0.15, -0.1) is 0 Å². The fraction of sp³-hybridized carbons (Fsp3) is 0.533. The molecular formula is C15H21O. The Kier molecular flexibility index (Phi) is 4.88. The Morgan fingerprint density at radius 2 is 2.00 bits per heavy atom. The van der Waals surface area contributed by atoms with Crippen molar-refractivity contribution in [1.82, 2.24) is 0 Å². The molecule has 1 unspecified atom stereocenters. The van der Waals surface area contributed by atoms with Crippen molar-refractivity contribution in [2.45, 2.75) is 38.7 Å². The highest BCUT2D eigenvalue weighted by Crippen LogP contribution is 2.25. The van der Waals surface area contributed by atoms with Crippen molar-refractivity contribution in [2.24, 2.45) is 5.92 Å². The van der Waals surface area contributed by atoms with Crippen molar-refractivity contribution in [3.05, 3.63) is 42.3 Å². The van der Waals surface area contributed by atoms with E-state index in [0.29, 0.717) is 0 Å². The minimum Gasteiger partial charge on any atom is -0.377 e. The molecule has 1 aliphatic rings. The van der Waals surface area contributed by atoms with Gasteiger partial charge in [-0.2, -0.15) is 0 Å². The summed E-state index contributed by atoms with van der Waals surface area (Å²) in [6.07, 6.45) is 9.15. The number of ether oxygens (including phenoxy) is 1. The molecule has 0 aliphatic heterocycles. The summed E-state index contributed by atoms with van der Waals surface area (Å²) in [6, 6.07) is 10.4. The van der Waals surface area contributed by atoms with E-state index < -0.39 is 0 Å². The monoisotopic (exact) mass is 217 g/mol. The molecule has 0 aromatic heterocycles. The second kappa shape index (κ2) is 6.70. The SMILES string of the molecule is [CH]1CCCCC1CCOCc1ccccc1. The Hall–Kier alpha value is -0.820. The van der Waals surface area contributed by atoms with Gasteiger partial charge in [-0.05, 0) is 30.7 Å². The molecule has 0 N–H and O–H groups in total. The Morgan fingerprint density at radius 1 is 1.12 bits per heavy atom. The smallest absolute Gasteiger partial charge is 0.0716 e. The maximum Gasteiger partial charge on any atom is 0.0716 e. The van der Waals surface area contributed by atoms with Crippen LogP contribution in [0.3, 0.4) is 0 Å². The standard InChI is InChI=1S/C15H21O/c1-3-7-14(8-4-1)11-12-16-13-15-9-5-2-6-10-15/h2,5-7,9-10,14H,1,3-4,8,11-13H2. The van der Waals surface area contributed by atoms with Gasteiger partial charge in [0, 0.05) is 6.61 Å². The minimum absolute atomic E-state index is 0.757. The largest absolute Gasteiger partial charge is 0.377 e. The van der Waals surface area contributed by atoms with Gasteiger partial charge in [-0.25, -0.2) is 0 Å². The van der Waals surface area contributed by atoms with E-state index in [0.717, 1.165) is 19.1 Å². The molecule has 1 aromatic carbocycles. The van der Waals surface area contributed by atoms with E-state index >= 15 is 0 Å². The predicted molar refractivity (Wildman–Crippen MR) is 67.0 cm³/mol. The van der Waals surface area contributed by atoms with Gasteiger partial charge in [-0.1, -0.05) is 49.6 Å². The molecule has 1 aliphatic carbocycles. The molecule has 1 aromatic rings. The molecule has 1 heteroatoms. The normalized spacial score (nSPS) is 17.5. The average Bonchev–Trinajstić information content (AvgIpc) is 2.37. The molecule has 0 saturated heterocycles. The van der Waals surface area contributed by atoms with Gasteiger partial charge in [0.15, 0.2) is 0 Å². The predicted octanol–water partition coefficient (Wildman–Crippen LogP) is 3.99. The zero-order valence-electron chi connectivity index (χ0n) is 9.90. The Morgan fingerprint density at radius 3 is 2.75 bits per heavy atom. The van der Waals surface area contributed by atoms with Crippen LogP contribution in [0.4, 0.5) is 0 Å². The third-order valence-corrected chi connectivity index (χ3v) is 3.27. The van der Waals surface area contributed by atoms with Crippen LogP contribution in [0.2, 0.25) is 0 Å². The van der Waals surface area contributed by atoms with Crippen molar-refractivity contribution in [3.63, 3.8) is 0 Å². The van der Waals surface area contributed by atoms with Gasteiger partial charge < -0.3 is 4.74 Å².